The van der Waals surface area contributed by atoms with Crippen LogP contribution in [-0.2, 0) is 4.79 Å². The fourth-order valence-electron chi connectivity index (χ4n) is 5.62. The molecule has 3 unspecified atom stereocenters. The molecule has 2 saturated carbocycles. The van der Waals surface area contributed by atoms with Gasteiger partial charge in [0.05, 0.1) is 6.10 Å². The second kappa shape index (κ2) is 7.88. The maximum Gasteiger partial charge on any atom is 0.225 e. The number of benzene rings is 1. The summed E-state index contributed by atoms with van der Waals surface area (Å²) in [6, 6.07) is 6.38. The van der Waals surface area contributed by atoms with Crippen molar-refractivity contribution in [1.29, 1.82) is 0 Å². The van der Waals surface area contributed by atoms with Gasteiger partial charge in [-0.25, -0.2) is 4.39 Å². The molecule has 3 aliphatic rings. The number of fused-ring (bicyclic) bond motifs is 2. The van der Waals surface area contributed by atoms with Crippen LogP contribution in [0.1, 0.15) is 56.6 Å². The summed E-state index contributed by atoms with van der Waals surface area (Å²) in [7, 11) is 0. The van der Waals surface area contributed by atoms with E-state index in [1.807, 2.05) is 4.90 Å². The monoisotopic (exact) mass is 374 g/mol. The van der Waals surface area contributed by atoms with Crippen LogP contribution < -0.4 is 5.73 Å². The summed E-state index contributed by atoms with van der Waals surface area (Å²) in [6.45, 7) is 1.42. The van der Waals surface area contributed by atoms with Gasteiger partial charge in [0.2, 0.25) is 5.91 Å². The molecule has 5 heteroatoms. The summed E-state index contributed by atoms with van der Waals surface area (Å²) >= 11 is 0. The average molecular weight is 375 g/mol. The molecule has 1 aromatic carbocycles. The van der Waals surface area contributed by atoms with Crippen molar-refractivity contribution in [1.82, 2.24) is 4.90 Å². The van der Waals surface area contributed by atoms with E-state index < -0.39 is 6.10 Å². The van der Waals surface area contributed by atoms with Gasteiger partial charge in [-0.2, -0.15) is 0 Å². The highest BCUT2D eigenvalue weighted by atomic mass is 19.1. The minimum atomic E-state index is -0.588. The summed E-state index contributed by atoms with van der Waals surface area (Å²) in [6.07, 6.45) is 6.52. The van der Waals surface area contributed by atoms with Crippen molar-refractivity contribution in [2.75, 3.05) is 13.1 Å². The van der Waals surface area contributed by atoms with Crippen LogP contribution in [0.4, 0.5) is 4.39 Å². The number of hydrogen-bond donors (Lipinski definition) is 2. The van der Waals surface area contributed by atoms with Gasteiger partial charge in [-0.15, -0.1) is 0 Å². The van der Waals surface area contributed by atoms with Gasteiger partial charge in [0.25, 0.3) is 0 Å². The third-order valence-corrected chi connectivity index (χ3v) is 7.27. The van der Waals surface area contributed by atoms with Crippen LogP contribution in [0.2, 0.25) is 0 Å². The Bertz CT molecular complexity index is 643. The van der Waals surface area contributed by atoms with E-state index in [0.29, 0.717) is 36.9 Å². The number of amides is 1. The SMILES string of the molecule is NC1C2CCCC1CC(C(=O)N1CCC(C(O)c3ccc(F)cc3)CC1)C2. The van der Waals surface area contributed by atoms with E-state index >= 15 is 0 Å². The van der Waals surface area contributed by atoms with Crippen molar-refractivity contribution in [2.24, 2.45) is 29.4 Å². The van der Waals surface area contributed by atoms with E-state index in [-0.39, 0.29) is 17.7 Å². The van der Waals surface area contributed by atoms with Crippen LogP contribution in [-0.4, -0.2) is 35.0 Å². The van der Waals surface area contributed by atoms with Gasteiger partial charge in [-0.05, 0) is 74.0 Å². The highest BCUT2D eigenvalue weighted by Crippen LogP contribution is 2.43. The molecule has 3 atom stereocenters. The molecule has 0 aromatic heterocycles. The molecule has 0 radical (unpaired) electrons. The van der Waals surface area contributed by atoms with Crippen LogP contribution >= 0.6 is 0 Å². The van der Waals surface area contributed by atoms with Gasteiger partial charge in [0, 0.05) is 25.0 Å². The zero-order valence-electron chi connectivity index (χ0n) is 15.9. The highest BCUT2D eigenvalue weighted by molar-refractivity contribution is 5.79. The normalized spacial score (nSPS) is 32.9. The highest BCUT2D eigenvalue weighted by Gasteiger charge is 2.42. The predicted molar refractivity (Wildman–Crippen MR) is 102 cm³/mol. The molecule has 1 amide bonds. The fraction of sp³-hybridized carbons (Fsp3) is 0.682. The van der Waals surface area contributed by atoms with Gasteiger partial charge in [0.15, 0.2) is 0 Å². The van der Waals surface area contributed by atoms with Gasteiger partial charge >= 0.3 is 0 Å². The second-order valence-corrected chi connectivity index (χ2v) is 8.86. The van der Waals surface area contributed by atoms with Crippen molar-refractivity contribution in [3.63, 3.8) is 0 Å². The lowest BCUT2D eigenvalue weighted by Gasteiger charge is -2.45. The third kappa shape index (κ3) is 3.90. The molecule has 2 bridgehead atoms. The molecule has 3 fully saturated rings. The molecular formula is C22H31FN2O2. The van der Waals surface area contributed by atoms with Crippen molar-refractivity contribution >= 4 is 5.91 Å². The average Bonchev–Trinajstić information content (AvgIpc) is 2.67. The molecule has 148 valence electrons. The lowest BCUT2D eigenvalue weighted by Crippen LogP contribution is -2.50. The van der Waals surface area contributed by atoms with E-state index in [1.54, 1.807) is 12.1 Å². The van der Waals surface area contributed by atoms with Crippen molar-refractivity contribution in [2.45, 2.75) is 57.1 Å². The number of halogens is 1. The zero-order chi connectivity index (χ0) is 19.0. The van der Waals surface area contributed by atoms with Gasteiger partial charge in [0.1, 0.15) is 5.82 Å². The van der Waals surface area contributed by atoms with Gasteiger partial charge in [-0.1, -0.05) is 18.6 Å². The first-order valence-corrected chi connectivity index (χ1v) is 10.5. The summed E-state index contributed by atoms with van der Waals surface area (Å²) in [4.78, 5) is 15.1. The van der Waals surface area contributed by atoms with Crippen molar-refractivity contribution in [3.8, 4) is 0 Å². The Morgan fingerprint density at radius 3 is 2.26 bits per heavy atom. The number of hydrogen-bond acceptors (Lipinski definition) is 3. The topological polar surface area (TPSA) is 66.6 Å². The first-order chi connectivity index (χ1) is 13.0. The number of aliphatic hydroxyl groups excluding tert-OH is 1. The predicted octanol–water partition coefficient (Wildman–Crippen LogP) is 3.25. The number of nitrogens with two attached hydrogens (primary N) is 1. The second-order valence-electron chi connectivity index (χ2n) is 8.86. The number of nitrogens with zero attached hydrogens (tertiary/aromatic N) is 1. The molecule has 4 nitrogen and oxygen atoms in total. The number of aliphatic hydroxyl groups is 1. The molecular weight excluding hydrogens is 343 g/mol. The summed E-state index contributed by atoms with van der Waals surface area (Å²) in [5, 5.41) is 10.6. The first-order valence-electron chi connectivity index (χ1n) is 10.5. The summed E-state index contributed by atoms with van der Waals surface area (Å²) in [5.74, 6) is 1.31. The smallest absolute Gasteiger partial charge is 0.225 e. The third-order valence-electron chi connectivity index (χ3n) is 7.27. The Kier molecular flexibility index (Phi) is 5.51. The fourth-order valence-corrected chi connectivity index (χ4v) is 5.62. The standard InChI is InChI=1S/C22H31FN2O2/c23-19-6-4-14(5-7-19)21(26)15-8-10-25(11-9-15)22(27)18-12-16-2-1-3-17(13-18)20(16)24/h4-7,15-18,20-21,26H,1-3,8-13,24H2. The zero-order valence-corrected chi connectivity index (χ0v) is 15.9. The van der Waals surface area contributed by atoms with Crippen LogP contribution in [0.5, 0.6) is 0 Å². The maximum absolute atomic E-state index is 13.1. The molecule has 1 aromatic rings. The largest absolute Gasteiger partial charge is 0.388 e. The van der Waals surface area contributed by atoms with E-state index in [2.05, 4.69) is 0 Å². The molecule has 3 N–H and O–H groups in total. The molecule has 0 spiro atoms. The van der Waals surface area contributed by atoms with Crippen LogP contribution in [0.15, 0.2) is 24.3 Å². The van der Waals surface area contributed by atoms with E-state index in [4.69, 9.17) is 5.73 Å². The number of likely N-dealkylation sites (tertiary alicyclic amines) is 1. The van der Waals surface area contributed by atoms with Crippen LogP contribution in [0.25, 0.3) is 0 Å². The Morgan fingerprint density at radius 2 is 1.67 bits per heavy atom. The lowest BCUT2D eigenvalue weighted by atomic mass is 9.65. The van der Waals surface area contributed by atoms with E-state index in [1.165, 1.54) is 31.4 Å². The molecule has 1 aliphatic heterocycles. The Labute approximate surface area is 160 Å². The minimum Gasteiger partial charge on any atom is -0.388 e. The number of piperidine rings is 1. The molecule has 2 aliphatic carbocycles. The Morgan fingerprint density at radius 1 is 1.07 bits per heavy atom. The number of rotatable bonds is 3. The minimum absolute atomic E-state index is 0.124. The van der Waals surface area contributed by atoms with E-state index in [9.17, 15) is 14.3 Å². The molecule has 4 rings (SSSR count). The summed E-state index contributed by atoms with van der Waals surface area (Å²) in [5.41, 5.74) is 7.12. The first kappa shape index (κ1) is 18.9. The molecule has 27 heavy (non-hydrogen) atoms. The molecule has 1 saturated heterocycles. The lowest BCUT2D eigenvalue weighted by molar-refractivity contribution is -0.140. The van der Waals surface area contributed by atoms with Gasteiger partial charge in [-0.3, -0.25) is 4.79 Å². The molecule has 1 heterocycles. The van der Waals surface area contributed by atoms with Crippen LogP contribution in [0.3, 0.4) is 0 Å². The Balaban J connectivity index is 1.32. The summed E-state index contributed by atoms with van der Waals surface area (Å²) < 4.78 is 13.1. The van der Waals surface area contributed by atoms with Gasteiger partial charge < -0.3 is 15.7 Å². The van der Waals surface area contributed by atoms with Crippen molar-refractivity contribution < 1.29 is 14.3 Å². The Hall–Kier alpha value is -1.46. The van der Waals surface area contributed by atoms with E-state index in [0.717, 1.165) is 31.2 Å². The number of carbonyl (C=O) groups excluding carboxylic acids is 1. The quantitative estimate of drug-likeness (QED) is 0.853. The van der Waals surface area contributed by atoms with Crippen LogP contribution in [0, 0.1) is 29.5 Å². The maximum atomic E-state index is 13.1. The number of carbonyl (C=O) groups is 1. The van der Waals surface area contributed by atoms with Crippen molar-refractivity contribution in [3.05, 3.63) is 35.6 Å².